The Morgan fingerprint density at radius 3 is 2.83 bits per heavy atom. The number of nitrogens with one attached hydrogen (secondary N) is 1. The number of nitrogens with zero attached hydrogens (tertiary/aromatic N) is 3. The van der Waals surface area contributed by atoms with Gasteiger partial charge in [0.15, 0.2) is 0 Å². The average Bonchev–Trinajstić information content (AvgIpc) is 2.96. The molecule has 0 spiro atoms. The molecule has 2 aromatic rings. The summed E-state index contributed by atoms with van der Waals surface area (Å²) in [5.74, 6) is 0.804. The first-order valence-electron chi connectivity index (χ1n) is 7.65. The molecular weight excluding hydrogens is 308 g/mol. The molecule has 1 aliphatic rings. The van der Waals surface area contributed by atoms with E-state index in [2.05, 4.69) is 15.3 Å². The third-order valence-corrected chi connectivity index (χ3v) is 3.83. The predicted molar refractivity (Wildman–Crippen MR) is 89.6 cm³/mol. The van der Waals surface area contributed by atoms with Crippen molar-refractivity contribution in [1.82, 2.24) is 14.5 Å². The van der Waals surface area contributed by atoms with Crippen LogP contribution in [0.25, 0.3) is 11.6 Å². The van der Waals surface area contributed by atoms with Crippen LogP contribution in [0.15, 0.2) is 12.3 Å². The van der Waals surface area contributed by atoms with Crippen molar-refractivity contribution in [2.75, 3.05) is 11.9 Å². The molecule has 1 N–H and O–H groups in total. The molecule has 0 aromatic carbocycles. The van der Waals surface area contributed by atoms with Gasteiger partial charge >= 0.3 is 6.09 Å². The zero-order valence-electron chi connectivity index (χ0n) is 14.0. The van der Waals surface area contributed by atoms with Gasteiger partial charge in [-0.25, -0.2) is 14.8 Å². The zero-order valence-corrected chi connectivity index (χ0v) is 14.0. The normalized spacial score (nSPS) is 14.7. The number of anilines is 1. The highest BCUT2D eigenvalue weighted by Crippen LogP contribution is 2.32. The number of aromatic nitrogens is 3. The molecule has 2 aromatic heterocycles. The molecule has 0 radical (unpaired) electrons. The Kier molecular flexibility index (Phi) is 3.92. The molecule has 7 heteroatoms. The van der Waals surface area contributed by atoms with Gasteiger partial charge in [-0.2, -0.15) is 0 Å². The Hall–Kier alpha value is -2.96. The number of amides is 1. The van der Waals surface area contributed by atoms with Gasteiger partial charge in [-0.15, -0.1) is 0 Å². The van der Waals surface area contributed by atoms with E-state index in [9.17, 15) is 9.59 Å². The van der Waals surface area contributed by atoms with Gasteiger partial charge < -0.3 is 10.1 Å². The van der Waals surface area contributed by atoms with Crippen LogP contribution in [-0.2, 0) is 9.53 Å². The van der Waals surface area contributed by atoms with Gasteiger partial charge in [0.1, 0.15) is 11.6 Å². The Bertz CT molecular complexity index is 880. The second-order valence-electron chi connectivity index (χ2n) is 5.58. The van der Waals surface area contributed by atoms with Crippen molar-refractivity contribution in [1.29, 1.82) is 0 Å². The Morgan fingerprint density at radius 2 is 2.12 bits per heavy atom. The molecule has 1 aliphatic heterocycles. The van der Waals surface area contributed by atoms with Gasteiger partial charge in [-0.3, -0.25) is 9.36 Å². The number of hydrogen-bond donors (Lipinski definition) is 1. The van der Waals surface area contributed by atoms with Crippen molar-refractivity contribution in [3.8, 4) is 0 Å². The van der Waals surface area contributed by atoms with Crippen LogP contribution < -0.4 is 5.32 Å². The number of rotatable bonds is 2. The first-order chi connectivity index (χ1) is 11.4. The maximum Gasteiger partial charge on any atom is 0.418 e. The van der Waals surface area contributed by atoms with Crippen molar-refractivity contribution in [3.05, 3.63) is 40.6 Å². The topological polar surface area (TPSA) is 86.1 Å². The molecule has 0 aliphatic carbocycles. The summed E-state index contributed by atoms with van der Waals surface area (Å²) in [5.41, 5.74) is 3.29. The van der Waals surface area contributed by atoms with Crippen LogP contribution in [0.1, 0.15) is 35.3 Å². The van der Waals surface area contributed by atoms with E-state index in [1.54, 1.807) is 26.1 Å². The first kappa shape index (κ1) is 15.9. The Balaban J connectivity index is 2.13. The van der Waals surface area contributed by atoms with Crippen LogP contribution in [-0.4, -0.2) is 33.1 Å². The molecule has 24 heavy (non-hydrogen) atoms. The maximum atomic E-state index is 12.3. The number of aryl methyl sites for hydroxylation is 3. The lowest BCUT2D eigenvalue weighted by Gasteiger charge is -2.08. The van der Waals surface area contributed by atoms with E-state index in [4.69, 9.17) is 4.74 Å². The highest BCUT2D eigenvalue weighted by Gasteiger charge is 2.27. The van der Waals surface area contributed by atoms with Crippen LogP contribution in [0, 0.1) is 20.8 Å². The maximum absolute atomic E-state index is 12.3. The van der Waals surface area contributed by atoms with E-state index in [-0.39, 0.29) is 12.5 Å². The smallest absolute Gasteiger partial charge is 0.418 e. The largest absolute Gasteiger partial charge is 0.449 e. The summed E-state index contributed by atoms with van der Waals surface area (Å²) in [6, 6.07) is 1.88. The van der Waals surface area contributed by atoms with Gasteiger partial charge in [-0.05, 0) is 45.4 Å². The van der Waals surface area contributed by atoms with Crippen molar-refractivity contribution in [3.63, 3.8) is 0 Å². The van der Waals surface area contributed by atoms with Crippen molar-refractivity contribution >= 4 is 29.5 Å². The zero-order chi connectivity index (χ0) is 17.4. The summed E-state index contributed by atoms with van der Waals surface area (Å²) < 4.78 is 6.57. The number of carbonyl (C=O) groups is 2. The Labute approximate surface area is 139 Å². The van der Waals surface area contributed by atoms with Crippen molar-refractivity contribution < 1.29 is 14.3 Å². The summed E-state index contributed by atoms with van der Waals surface area (Å²) in [4.78, 5) is 32.9. The summed E-state index contributed by atoms with van der Waals surface area (Å²) in [5, 5.41) is 2.72. The molecular formula is C17H18N4O3. The fourth-order valence-electron chi connectivity index (χ4n) is 2.77. The minimum Gasteiger partial charge on any atom is -0.449 e. The number of fused-ring (bicyclic) bond motifs is 1. The van der Waals surface area contributed by atoms with Crippen LogP contribution in [0.5, 0.6) is 0 Å². The molecule has 3 heterocycles. The van der Waals surface area contributed by atoms with E-state index in [1.807, 2.05) is 19.9 Å². The SMILES string of the molecule is CCOC(=O)n1c(C)cc(C)c1C=C1C(=O)Nc2nc(C)ncc21. The second-order valence-corrected chi connectivity index (χ2v) is 5.58. The number of hydrogen-bond acceptors (Lipinski definition) is 5. The highest BCUT2D eigenvalue weighted by molar-refractivity contribution is 6.34. The van der Waals surface area contributed by atoms with Gasteiger partial charge in [0.25, 0.3) is 5.91 Å². The van der Waals surface area contributed by atoms with Crippen molar-refractivity contribution in [2.24, 2.45) is 0 Å². The molecule has 0 atom stereocenters. The molecule has 1 amide bonds. The van der Waals surface area contributed by atoms with Crippen LogP contribution in [0.2, 0.25) is 0 Å². The third-order valence-electron chi connectivity index (χ3n) is 3.83. The van der Waals surface area contributed by atoms with Crippen LogP contribution >= 0.6 is 0 Å². The lowest BCUT2D eigenvalue weighted by atomic mass is 10.1. The molecule has 0 saturated carbocycles. The third kappa shape index (κ3) is 2.58. The summed E-state index contributed by atoms with van der Waals surface area (Å²) >= 11 is 0. The average molecular weight is 326 g/mol. The lowest BCUT2D eigenvalue weighted by molar-refractivity contribution is -0.110. The number of carbonyl (C=O) groups excluding carboxylic acids is 2. The lowest BCUT2D eigenvalue weighted by Crippen LogP contribution is -2.16. The highest BCUT2D eigenvalue weighted by atomic mass is 16.5. The molecule has 0 bridgehead atoms. The fourth-order valence-corrected chi connectivity index (χ4v) is 2.77. The molecule has 124 valence electrons. The summed E-state index contributed by atoms with van der Waals surface area (Å²) in [6.07, 6.45) is 2.83. The quantitative estimate of drug-likeness (QED) is 0.858. The van der Waals surface area contributed by atoms with E-state index >= 15 is 0 Å². The van der Waals surface area contributed by atoms with E-state index in [1.165, 1.54) is 4.57 Å². The molecule has 7 nitrogen and oxygen atoms in total. The van der Waals surface area contributed by atoms with Crippen LogP contribution in [0.3, 0.4) is 0 Å². The molecule has 3 rings (SSSR count). The van der Waals surface area contributed by atoms with Crippen molar-refractivity contribution in [2.45, 2.75) is 27.7 Å². The summed E-state index contributed by atoms with van der Waals surface area (Å²) in [6.45, 7) is 7.49. The van der Waals surface area contributed by atoms with Gasteiger partial charge in [0.05, 0.1) is 17.9 Å². The van der Waals surface area contributed by atoms with E-state index < -0.39 is 6.09 Å². The van der Waals surface area contributed by atoms with Crippen LogP contribution in [0.4, 0.5) is 10.6 Å². The monoisotopic (exact) mass is 326 g/mol. The first-order valence-corrected chi connectivity index (χ1v) is 7.65. The van der Waals surface area contributed by atoms with Gasteiger partial charge in [0.2, 0.25) is 0 Å². The minimum atomic E-state index is -0.464. The van der Waals surface area contributed by atoms with E-state index in [0.717, 1.165) is 11.3 Å². The molecule has 0 saturated heterocycles. The number of ether oxygens (including phenoxy) is 1. The second kappa shape index (κ2) is 5.92. The van der Waals surface area contributed by atoms with E-state index in [0.29, 0.717) is 28.5 Å². The Morgan fingerprint density at radius 1 is 1.38 bits per heavy atom. The van der Waals surface area contributed by atoms with Gasteiger partial charge in [0, 0.05) is 17.5 Å². The fraction of sp³-hybridized carbons (Fsp3) is 0.294. The predicted octanol–water partition coefficient (Wildman–Crippen LogP) is 2.70. The summed E-state index contributed by atoms with van der Waals surface area (Å²) in [7, 11) is 0. The van der Waals surface area contributed by atoms with Gasteiger partial charge in [-0.1, -0.05) is 0 Å². The minimum absolute atomic E-state index is 0.265. The molecule has 0 fully saturated rings. The molecule has 0 unspecified atom stereocenters. The standard InChI is InChI=1S/C17H18N4O3/c1-5-24-17(23)21-10(3)6-9(2)14(21)7-12-13-8-18-11(4)19-15(13)20-16(12)22/h6-8H,5H2,1-4H3,(H,18,19,20,22).